The summed E-state index contributed by atoms with van der Waals surface area (Å²) in [6.07, 6.45) is 1.74. The van der Waals surface area contributed by atoms with Crippen LogP contribution < -0.4 is 0 Å². The van der Waals surface area contributed by atoms with Crippen LogP contribution in [0.25, 0.3) is 0 Å². The van der Waals surface area contributed by atoms with Crippen molar-refractivity contribution in [3.8, 4) is 0 Å². The molecule has 4 heteroatoms. The zero-order valence-electron chi connectivity index (χ0n) is 11.4. The molecule has 0 radical (unpaired) electrons. The van der Waals surface area contributed by atoms with Crippen molar-refractivity contribution in [2.24, 2.45) is 5.92 Å². The summed E-state index contributed by atoms with van der Waals surface area (Å²) < 4.78 is 0. The largest absolute Gasteiger partial charge is 0.481 e. The van der Waals surface area contributed by atoms with Crippen molar-refractivity contribution in [1.29, 1.82) is 0 Å². The highest BCUT2D eigenvalue weighted by atomic mass is 35.5. The van der Waals surface area contributed by atoms with Crippen molar-refractivity contribution >= 4 is 17.6 Å². The molecule has 0 amide bonds. The Hall–Kier alpha value is -1.06. The molecule has 1 fully saturated rings. The summed E-state index contributed by atoms with van der Waals surface area (Å²) in [7, 11) is 0. The Morgan fingerprint density at radius 3 is 2.89 bits per heavy atom. The van der Waals surface area contributed by atoms with Gasteiger partial charge < -0.3 is 5.11 Å². The molecule has 2 atom stereocenters. The average Bonchev–Trinajstić information content (AvgIpc) is 2.36. The minimum absolute atomic E-state index is 0.0854. The van der Waals surface area contributed by atoms with Gasteiger partial charge in [-0.2, -0.15) is 0 Å². The molecule has 104 valence electrons. The first-order valence-electron chi connectivity index (χ1n) is 6.71. The summed E-state index contributed by atoms with van der Waals surface area (Å²) in [6.45, 7) is 5.77. The molecule has 3 nitrogen and oxygen atoms in total. The summed E-state index contributed by atoms with van der Waals surface area (Å²) >= 11 is 6.03. The highest BCUT2D eigenvalue weighted by molar-refractivity contribution is 6.31. The zero-order chi connectivity index (χ0) is 14.0. The highest BCUT2D eigenvalue weighted by Gasteiger charge is 2.32. The van der Waals surface area contributed by atoms with E-state index in [4.69, 9.17) is 11.6 Å². The summed E-state index contributed by atoms with van der Waals surface area (Å²) in [5.74, 6) is -0.924. The quantitative estimate of drug-likeness (QED) is 0.924. The van der Waals surface area contributed by atoms with Crippen molar-refractivity contribution < 1.29 is 9.90 Å². The highest BCUT2D eigenvalue weighted by Crippen LogP contribution is 2.26. The number of aryl methyl sites for hydroxylation is 1. The number of halogens is 1. The molecule has 2 rings (SSSR count). The number of piperidine rings is 1. The van der Waals surface area contributed by atoms with Gasteiger partial charge in [0.05, 0.1) is 5.92 Å². The number of hydrogen-bond acceptors (Lipinski definition) is 2. The van der Waals surface area contributed by atoms with Crippen molar-refractivity contribution in [3.63, 3.8) is 0 Å². The van der Waals surface area contributed by atoms with Gasteiger partial charge in [0, 0.05) is 17.6 Å². The van der Waals surface area contributed by atoms with Crippen LogP contribution in [0.1, 0.15) is 30.9 Å². The number of nitrogens with zero attached hydrogens (tertiary/aromatic N) is 1. The molecule has 1 heterocycles. The molecule has 1 aliphatic rings. The molecule has 1 saturated heterocycles. The van der Waals surface area contributed by atoms with Crippen LogP contribution in [0.15, 0.2) is 18.2 Å². The number of rotatable bonds is 3. The number of hydrogen-bond donors (Lipinski definition) is 1. The maximum Gasteiger partial charge on any atom is 0.308 e. The Labute approximate surface area is 119 Å². The molecule has 0 spiro atoms. The standard InChI is InChI=1S/C15H20ClNO2/c1-10-8-12(5-6-14(10)16)9-17-7-3-4-13(11(17)2)15(18)19/h5-6,8,11,13H,3-4,7,9H2,1-2H3,(H,18,19)/t11-,13-/m1/s1. The van der Waals surface area contributed by atoms with Crippen molar-refractivity contribution in [2.45, 2.75) is 39.3 Å². The van der Waals surface area contributed by atoms with E-state index in [0.29, 0.717) is 0 Å². The van der Waals surface area contributed by atoms with E-state index in [1.165, 1.54) is 5.56 Å². The smallest absolute Gasteiger partial charge is 0.308 e. The van der Waals surface area contributed by atoms with E-state index in [-0.39, 0.29) is 12.0 Å². The molecule has 19 heavy (non-hydrogen) atoms. The molecule has 0 saturated carbocycles. The second-order valence-corrected chi connectivity index (χ2v) is 5.79. The second kappa shape index (κ2) is 5.93. The van der Waals surface area contributed by atoms with Gasteiger partial charge in [0.15, 0.2) is 0 Å². The predicted molar refractivity (Wildman–Crippen MR) is 76.4 cm³/mol. The Morgan fingerprint density at radius 1 is 1.53 bits per heavy atom. The average molecular weight is 282 g/mol. The minimum atomic E-state index is -0.676. The Balaban J connectivity index is 2.09. The maximum atomic E-state index is 11.2. The van der Waals surface area contributed by atoms with Crippen LogP contribution in [0.4, 0.5) is 0 Å². The van der Waals surface area contributed by atoms with Gasteiger partial charge in [-0.25, -0.2) is 0 Å². The molecule has 0 aliphatic carbocycles. The third kappa shape index (κ3) is 3.28. The molecule has 0 unspecified atom stereocenters. The van der Waals surface area contributed by atoms with Gasteiger partial charge in [0.2, 0.25) is 0 Å². The number of benzene rings is 1. The van der Waals surface area contributed by atoms with Crippen LogP contribution in [0, 0.1) is 12.8 Å². The lowest BCUT2D eigenvalue weighted by atomic mass is 9.90. The number of carboxylic acid groups (broad SMARTS) is 1. The first-order chi connectivity index (χ1) is 8.99. The van der Waals surface area contributed by atoms with Crippen LogP contribution in [-0.2, 0) is 11.3 Å². The third-order valence-electron chi connectivity index (χ3n) is 4.04. The van der Waals surface area contributed by atoms with Crippen LogP contribution >= 0.6 is 11.6 Å². The van der Waals surface area contributed by atoms with Gasteiger partial charge in [-0.15, -0.1) is 0 Å². The molecule has 1 aromatic rings. The van der Waals surface area contributed by atoms with E-state index in [1.54, 1.807) is 0 Å². The van der Waals surface area contributed by atoms with E-state index in [0.717, 1.165) is 36.5 Å². The fourth-order valence-electron chi connectivity index (χ4n) is 2.81. The number of carboxylic acids is 1. The summed E-state index contributed by atoms with van der Waals surface area (Å²) in [4.78, 5) is 13.5. The lowest BCUT2D eigenvalue weighted by Crippen LogP contribution is -2.45. The fourth-order valence-corrected chi connectivity index (χ4v) is 2.92. The fraction of sp³-hybridized carbons (Fsp3) is 0.533. The number of carbonyl (C=O) groups is 1. The lowest BCUT2D eigenvalue weighted by molar-refractivity contribution is -0.145. The topological polar surface area (TPSA) is 40.5 Å². The van der Waals surface area contributed by atoms with Gasteiger partial charge >= 0.3 is 5.97 Å². The van der Waals surface area contributed by atoms with Crippen LogP contribution in [0.3, 0.4) is 0 Å². The first-order valence-corrected chi connectivity index (χ1v) is 7.08. The van der Waals surface area contributed by atoms with E-state index in [2.05, 4.69) is 11.0 Å². The third-order valence-corrected chi connectivity index (χ3v) is 4.47. The Bertz CT molecular complexity index is 475. The molecule has 1 aliphatic heterocycles. The minimum Gasteiger partial charge on any atom is -0.481 e. The van der Waals surface area contributed by atoms with E-state index < -0.39 is 5.97 Å². The van der Waals surface area contributed by atoms with Crippen molar-refractivity contribution in [1.82, 2.24) is 4.90 Å². The Morgan fingerprint density at radius 2 is 2.26 bits per heavy atom. The van der Waals surface area contributed by atoms with E-state index in [1.807, 2.05) is 26.0 Å². The first kappa shape index (κ1) is 14.4. The second-order valence-electron chi connectivity index (χ2n) is 5.38. The van der Waals surface area contributed by atoms with Crippen LogP contribution in [-0.4, -0.2) is 28.6 Å². The van der Waals surface area contributed by atoms with E-state index in [9.17, 15) is 9.90 Å². The zero-order valence-corrected chi connectivity index (χ0v) is 12.2. The molecule has 0 aromatic heterocycles. The van der Waals surface area contributed by atoms with Gasteiger partial charge in [0.25, 0.3) is 0 Å². The van der Waals surface area contributed by atoms with Crippen molar-refractivity contribution in [3.05, 3.63) is 34.3 Å². The van der Waals surface area contributed by atoms with Crippen LogP contribution in [0.2, 0.25) is 5.02 Å². The van der Waals surface area contributed by atoms with Gasteiger partial charge in [0.1, 0.15) is 0 Å². The van der Waals surface area contributed by atoms with Gasteiger partial charge in [-0.1, -0.05) is 23.7 Å². The van der Waals surface area contributed by atoms with E-state index >= 15 is 0 Å². The maximum absolute atomic E-state index is 11.2. The molecule has 1 N–H and O–H groups in total. The number of aliphatic carboxylic acids is 1. The lowest BCUT2D eigenvalue weighted by Gasteiger charge is -2.37. The summed E-state index contributed by atoms with van der Waals surface area (Å²) in [5, 5.41) is 10.0. The Kier molecular flexibility index (Phi) is 4.48. The molecular formula is C15H20ClNO2. The molecule has 1 aromatic carbocycles. The predicted octanol–water partition coefficient (Wildman–Crippen LogP) is 3.33. The van der Waals surface area contributed by atoms with Crippen LogP contribution in [0.5, 0.6) is 0 Å². The van der Waals surface area contributed by atoms with Gasteiger partial charge in [-0.3, -0.25) is 9.69 Å². The summed E-state index contributed by atoms with van der Waals surface area (Å²) in [5.41, 5.74) is 2.26. The monoisotopic (exact) mass is 281 g/mol. The SMILES string of the molecule is Cc1cc(CN2CCC[C@@H](C(=O)O)[C@H]2C)ccc1Cl. The van der Waals surface area contributed by atoms with Gasteiger partial charge in [-0.05, 0) is 50.4 Å². The molecular weight excluding hydrogens is 262 g/mol. The number of likely N-dealkylation sites (tertiary alicyclic amines) is 1. The van der Waals surface area contributed by atoms with Crippen molar-refractivity contribution in [2.75, 3.05) is 6.54 Å². The normalized spacial score (nSPS) is 24.4. The molecule has 0 bridgehead atoms. The summed E-state index contributed by atoms with van der Waals surface area (Å²) in [6, 6.07) is 6.10.